The Morgan fingerprint density at radius 2 is 2.15 bits per heavy atom. The van der Waals surface area contributed by atoms with E-state index in [0.29, 0.717) is 42.0 Å². The minimum absolute atomic E-state index is 0.00637. The maximum Gasteiger partial charge on any atom is 0.393 e. The average molecular weight is 578 g/mol. The highest BCUT2D eigenvalue weighted by Gasteiger charge is 2.31. The highest BCUT2D eigenvalue weighted by molar-refractivity contribution is 7.18. The van der Waals surface area contributed by atoms with E-state index in [1.165, 1.54) is 12.4 Å². The number of allylic oxidation sites excluding steroid dienone is 1. The lowest BCUT2D eigenvalue weighted by Crippen LogP contribution is -2.43. The van der Waals surface area contributed by atoms with Gasteiger partial charge in [0, 0.05) is 48.1 Å². The molecule has 0 saturated carbocycles. The number of piperidine rings is 1. The van der Waals surface area contributed by atoms with E-state index in [9.17, 15) is 23.2 Å². The first kappa shape index (κ1) is 27.0. The molecule has 4 aromatic rings. The second-order valence-corrected chi connectivity index (χ2v) is 11.6. The van der Waals surface area contributed by atoms with Gasteiger partial charge in [0.15, 0.2) is 0 Å². The molecular weight excluding hydrogens is 551 g/mol. The first-order valence-electron chi connectivity index (χ1n) is 13.2. The highest BCUT2D eigenvalue weighted by Crippen LogP contribution is 2.41. The van der Waals surface area contributed by atoms with Gasteiger partial charge in [-0.2, -0.15) is 23.5 Å². The van der Waals surface area contributed by atoms with Crippen molar-refractivity contribution in [3.8, 4) is 6.07 Å². The van der Waals surface area contributed by atoms with Crippen LogP contribution in [0.1, 0.15) is 51.5 Å². The summed E-state index contributed by atoms with van der Waals surface area (Å²) in [6, 6.07) is 7.77. The molecule has 2 aliphatic rings. The fourth-order valence-electron chi connectivity index (χ4n) is 5.71. The van der Waals surface area contributed by atoms with Crippen LogP contribution >= 0.6 is 11.3 Å². The number of carbonyl (C=O) groups excluding carboxylic acids is 1. The summed E-state index contributed by atoms with van der Waals surface area (Å²) >= 11 is 1.00. The Morgan fingerprint density at radius 1 is 1.29 bits per heavy atom. The first-order chi connectivity index (χ1) is 19.7. The first-order valence-corrected chi connectivity index (χ1v) is 14.1. The summed E-state index contributed by atoms with van der Waals surface area (Å²) < 4.78 is 38.6. The van der Waals surface area contributed by atoms with Gasteiger partial charge in [-0.25, -0.2) is 9.97 Å². The number of fused-ring (bicyclic) bond motifs is 2. The molecule has 12 heteroatoms. The number of nitriles is 1. The van der Waals surface area contributed by atoms with Crippen LogP contribution in [0.2, 0.25) is 0 Å². The topological polar surface area (TPSA) is 111 Å². The average Bonchev–Trinajstić information content (AvgIpc) is 3.66. The number of benzene rings is 1. The van der Waals surface area contributed by atoms with Crippen LogP contribution in [-0.4, -0.2) is 49.7 Å². The Bertz CT molecular complexity index is 1690. The molecule has 1 fully saturated rings. The van der Waals surface area contributed by atoms with Gasteiger partial charge in [0.25, 0.3) is 0 Å². The number of nitrogens with one attached hydrogen (secondary N) is 2. The Hall–Kier alpha value is -4.24. The number of rotatable bonds is 7. The monoisotopic (exact) mass is 577 g/mol. The third kappa shape index (κ3) is 5.54. The minimum Gasteiger partial charge on any atom is -0.366 e. The van der Waals surface area contributed by atoms with Crippen LogP contribution in [0.25, 0.3) is 16.3 Å². The number of H-pyrrole nitrogens is 1. The lowest BCUT2D eigenvalue weighted by molar-refractivity contribution is -0.134. The van der Waals surface area contributed by atoms with E-state index in [4.69, 9.17) is 0 Å². The number of thiophene rings is 1. The third-order valence-corrected chi connectivity index (χ3v) is 8.86. The summed E-state index contributed by atoms with van der Waals surface area (Å²) in [6.07, 6.45) is 3.22. The van der Waals surface area contributed by atoms with E-state index in [2.05, 4.69) is 43.7 Å². The molecule has 2 atom stereocenters. The molecule has 0 bridgehead atoms. The molecule has 1 amide bonds. The molecule has 8 nitrogen and oxygen atoms in total. The lowest BCUT2D eigenvalue weighted by atomic mass is 9.88. The summed E-state index contributed by atoms with van der Waals surface area (Å²) in [5, 5.41) is 20.4. The van der Waals surface area contributed by atoms with Crippen LogP contribution < -0.4 is 5.32 Å². The van der Waals surface area contributed by atoms with E-state index in [-0.39, 0.29) is 29.2 Å². The predicted octanol–water partition coefficient (Wildman–Crippen LogP) is 5.68. The van der Waals surface area contributed by atoms with Gasteiger partial charge in [-0.1, -0.05) is 12.1 Å². The van der Waals surface area contributed by atoms with Crippen LogP contribution in [0, 0.1) is 18.3 Å². The normalized spacial score (nSPS) is 18.9. The predicted molar refractivity (Wildman–Crippen MR) is 149 cm³/mol. The number of hydrogen-bond donors (Lipinski definition) is 2. The summed E-state index contributed by atoms with van der Waals surface area (Å²) in [7, 11) is 0. The standard InChI is InChI=1S/C29H26F3N7OS/c1-16-18(2-3-22-23(16)7-19(11-33)24(22)6-17-12-36-37-13-17)14-39-5-4-20(8-26(39)40)38-27-25-9-21(10-29(30,31)32)41-28(25)35-15-34-27/h2-3,7,9,12-13,15,20,24H,4-6,8,10,14H2,1H3,(H,36,37)(H,34,35,38). The van der Waals surface area contributed by atoms with Crippen LogP contribution in [0.3, 0.4) is 0 Å². The summed E-state index contributed by atoms with van der Waals surface area (Å²) in [4.78, 5) is 24.0. The van der Waals surface area contributed by atoms with Gasteiger partial charge < -0.3 is 10.2 Å². The van der Waals surface area contributed by atoms with Crippen molar-refractivity contribution < 1.29 is 18.0 Å². The van der Waals surface area contributed by atoms with E-state index >= 15 is 0 Å². The van der Waals surface area contributed by atoms with E-state index in [1.807, 2.05) is 24.1 Å². The number of hydrogen-bond acceptors (Lipinski definition) is 7. The second-order valence-electron chi connectivity index (χ2n) is 10.5. The number of aromatic amines is 1. The van der Waals surface area contributed by atoms with Crippen molar-refractivity contribution >= 4 is 39.4 Å². The van der Waals surface area contributed by atoms with Crippen molar-refractivity contribution in [2.24, 2.45) is 0 Å². The van der Waals surface area contributed by atoms with E-state index in [1.54, 1.807) is 6.20 Å². The molecule has 4 heterocycles. The Kier molecular flexibility index (Phi) is 6.99. The molecule has 6 rings (SSSR count). The van der Waals surface area contributed by atoms with Gasteiger partial charge in [0.1, 0.15) is 17.0 Å². The van der Waals surface area contributed by atoms with Crippen molar-refractivity contribution in [1.82, 2.24) is 25.1 Å². The number of likely N-dealkylation sites (tertiary alicyclic amines) is 1. The number of anilines is 1. The van der Waals surface area contributed by atoms with Gasteiger partial charge >= 0.3 is 6.18 Å². The number of amides is 1. The lowest BCUT2D eigenvalue weighted by Gasteiger charge is -2.33. The minimum atomic E-state index is -4.30. The van der Waals surface area contributed by atoms with Crippen molar-refractivity contribution in [2.45, 2.75) is 57.3 Å². The number of halogens is 3. The van der Waals surface area contributed by atoms with Crippen molar-refractivity contribution in [2.75, 3.05) is 11.9 Å². The van der Waals surface area contributed by atoms with Crippen LogP contribution in [0.4, 0.5) is 19.0 Å². The quantitative estimate of drug-likeness (QED) is 0.293. The zero-order valence-electron chi connectivity index (χ0n) is 22.1. The van der Waals surface area contributed by atoms with Crippen LogP contribution in [-0.2, 0) is 24.2 Å². The molecule has 0 radical (unpaired) electrons. The molecule has 3 aromatic heterocycles. The van der Waals surface area contributed by atoms with Gasteiger partial charge in [-0.15, -0.1) is 11.3 Å². The van der Waals surface area contributed by atoms with Gasteiger partial charge in [-0.3, -0.25) is 9.89 Å². The fourth-order valence-corrected chi connectivity index (χ4v) is 6.74. The third-order valence-electron chi connectivity index (χ3n) is 7.81. The Morgan fingerprint density at radius 3 is 2.88 bits per heavy atom. The molecule has 1 saturated heterocycles. The Labute approximate surface area is 237 Å². The molecule has 2 N–H and O–H groups in total. The number of carbonyl (C=O) groups is 1. The fraction of sp³-hybridized carbons (Fsp3) is 0.345. The molecule has 210 valence electrons. The maximum atomic E-state index is 13.2. The largest absolute Gasteiger partial charge is 0.393 e. The maximum absolute atomic E-state index is 13.2. The molecule has 1 aliphatic carbocycles. The van der Waals surface area contributed by atoms with Crippen LogP contribution in [0.15, 0.2) is 42.5 Å². The molecule has 0 spiro atoms. The van der Waals surface area contributed by atoms with E-state index < -0.39 is 12.6 Å². The molecule has 1 aromatic carbocycles. The Balaban J connectivity index is 1.13. The summed E-state index contributed by atoms with van der Waals surface area (Å²) in [5.74, 6) is 0.420. The second kappa shape index (κ2) is 10.6. The van der Waals surface area contributed by atoms with Crippen molar-refractivity contribution in [3.05, 3.63) is 75.2 Å². The van der Waals surface area contributed by atoms with Gasteiger partial charge in [0.05, 0.1) is 24.1 Å². The molecular formula is C29H26F3N7OS. The number of alkyl halides is 3. The van der Waals surface area contributed by atoms with Crippen LogP contribution in [0.5, 0.6) is 0 Å². The zero-order valence-corrected chi connectivity index (χ0v) is 22.9. The SMILES string of the molecule is Cc1c(CN2CCC(Nc3ncnc4sc(CC(F)(F)F)cc34)CC2=O)ccc2c1C=C(C#N)C2Cc1cn[nH]c1. The summed E-state index contributed by atoms with van der Waals surface area (Å²) in [6.45, 7) is 3.04. The van der Waals surface area contributed by atoms with Crippen molar-refractivity contribution in [3.63, 3.8) is 0 Å². The van der Waals surface area contributed by atoms with Gasteiger partial charge in [-0.05, 0) is 59.7 Å². The number of aromatic nitrogens is 4. The summed E-state index contributed by atoms with van der Waals surface area (Å²) in [5.41, 5.74) is 6.02. The van der Waals surface area contributed by atoms with Gasteiger partial charge in [0.2, 0.25) is 5.91 Å². The smallest absolute Gasteiger partial charge is 0.366 e. The molecule has 1 aliphatic heterocycles. The highest BCUT2D eigenvalue weighted by atomic mass is 32.1. The molecule has 41 heavy (non-hydrogen) atoms. The molecule has 2 unspecified atom stereocenters. The number of nitrogens with zero attached hydrogens (tertiary/aromatic N) is 5. The van der Waals surface area contributed by atoms with E-state index in [0.717, 1.165) is 44.7 Å². The zero-order chi connectivity index (χ0) is 28.7. The van der Waals surface area contributed by atoms with Crippen molar-refractivity contribution in [1.29, 1.82) is 5.26 Å².